The molecule has 47 valence electrons. The third-order valence-corrected chi connectivity index (χ3v) is 0.841. The maximum Gasteiger partial charge on any atom is 0.133 e. The molecule has 0 saturated carbocycles. The van der Waals surface area contributed by atoms with Crippen molar-refractivity contribution >= 4 is 5.78 Å². The number of hydrogen-bond acceptors (Lipinski definition) is 2. The molecule has 0 bridgehead atoms. The highest BCUT2D eigenvalue weighted by molar-refractivity contribution is 5.82. The first-order chi connectivity index (χ1) is 3.63. The molecular weight excluding hydrogens is 104 g/mol. The highest BCUT2D eigenvalue weighted by Gasteiger charge is 1.96. The summed E-state index contributed by atoms with van der Waals surface area (Å²) < 4.78 is 0. The molecule has 2 nitrogen and oxygen atoms in total. The second-order valence-electron chi connectivity index (χ2n) is 1.93. The van der Waals surface area contributed by atoms with E-state index in [9.17, 15) is 4.79 Å². The van der Waals surface area contributed by atoms with Crippen LogP contribution in [0.3, 0.4) is 0 Å². The molecule has 0 aromatic carbocycles. The van der Waals surface area contributed by atoms with Crippen molar-refractivity contribution in [2.24, 2.45) is 0 Å². The third kappa shape index (κ3) is 5.63. The summed E-state index contributed by atoms with van der Waals surface area (Å²) in [5, 5.41) is 8.62. The van der Waals surface area contributed by atoms with Gasteiger partial charge in [0.2, 0.25) is 0 Å². The quantitative estimate of drug-likeness (QED) is 0.583. The van der Waals surface area contributed by atoms with Crippen LogP contribution in [0.15, 0.2) is 0 Å². The molecule has 0 amide bonds. The highest BCUT2D eigenvalue weighted by atomic mass is 16.3. The molecule has 1 radical (unpaired) electrons. The highest BCUT2D eigenvalue weighted by Crippen LogP contribution is 1.94. The number of carbonyl (C=O) groups is 1. The van der Waals surface area contributed by atoms with Gasteiger partial charge in [0.05, 0.1) is 6.10 Å². The van der Waals surface area contributed by atoms with Crippen LogP contribution in [0.2, 0.25) is 0 Å². The predicted molar refractivity (Wildman–Crippen MR) is 31.3 cm³/mol. The van der Waals surface area contributed by atoms with Crippen LogP contribution >= 0.6 is 0 Å². The Hall–Kier alpha value is -0.370. The van der Waals surface area contributed by atoms with E-state index in [4.69, 9.17) is 5.11 Å². The van der Waals surface area contributed by atoms with Crippen LogP contribution in [0.25, 0.3) is 0 Å². The minimum absolute atomic E-state index is 0.106. The van der Waals surface area contributed by atoms with Gasteiger partial charge in [0.1, 0.15) is 5.78 Å². The number of Topliss-reactive ketones (excluding diaryl/α,β-unsaturated/α-hetero) is 1. The van der Waals surface area contributed by atoms with Gasteiger partial charge in [-0.25, -0.2) is 0 Å². The molecular formula is C6H11O2. The number of aliphatic hydroxyl groups excluding tert-OH is 1. The van der Waals surface area contributed by atoms with E-state index in [2.05, 4.69) is 6.92 Å². The Morgan fingerprint density at radius 2 is 2.38 bits per heavy atom. The van der Waals surface area contributed by atoms with Gasteiger partial charge < -0.3 is 5.11 Å². The van der Waals surface area contributed by atoms with Gasteiger partial charge in [-0.05, 0) is 13.3 Å². The van der Waals surface area contributed by atoms with Gasteiger partial charge in [0, 0.05) is 13.3 Å². The smallest absolute Gasteiger partial charge is 0.133 e. The largest absolute Gasteiger partial charge is 0.393 e. The molecule has 1 atom stereocenters. The predicted octanol–water partition coefficient (Wildman–Crippen LogP) is 0.551. The van der Waals surface area contributed by atoms with Crippen LogP contribution < -0.4 is 0 Å². The molecule has 1 N–H and O–H groups in total. The average Bonchev–Trinajstić information content (AvgIpc) is 1.61. The summed E-state index contributed by atoms with van der Waals surface area (Å²) in [6, 6.07) is 0. The molecule has 0 fully saturated rings. The standard InChI is InChI=1S/C6H11O2/c1-5(7)3-4-6(2)8/h6,8H,1,3-4H2,2H3. The molecule has 0 aliphatic carbocycles. The van der Waals surface area contributed by atoms with Crippen molar-refractivity contribution in [3.05, 3.63) is 6.92 Å². The lowest BCUT2D eigenvalue weighted by atomic mass is 10.2. The van der Waals surface area contributed by atoms with Crippen molar-refractivity contribution in [1.29, 1.82) is 0 Å². The fourth-order valence-electron chi connectivity index (χ4n) is 0.370. The summed E-state index contributed by atoms with van der Waals surface area (Å²) in [6.45, 7) is 4.82. The Labute approximate surface area is 49.5 Å². The lowest BCUT2D eigenvalue weighted by molar-refractivity contribution is -0.115. The van der Waals surface area contributed by atoms with Crippen molar-refractivity contribution in [3.63, 3.8) is 0 Å². The normalized spacial score (nSPS) is 13.4. The molecule has 0 aliphatic rings. The van der Waals surface area contributed by atoms with Gasteiger partial charge in [0.25, 0.3) is 0 Å². The van der Waals surface area contributed by atoms with Crippen molar-refractivity contribution in [1.82, 2.24) is 0 Å². The van der Waals surface area contributed by atoms with E-state index >= 15 is 0 Å². The van der Waals surface area contributed by atoms with E-state index in [0.717, 1.165) is 0 Å². The summed E-state index contributed by atoms with van der Waals surface area (Å²) in [5.41, 5.74) is 0. The van der Waals surface area contributed by atoms with Crippen LogP contribution in [0.5, 0.6) is 0 Å². The van der Waals surface area contributed by atoms with Gasteiger partial charge >= 0.3 is 0 Å². The second-order valence-corrected chi connectivity index (χ2v) is 1.93. The first-order valence-electron chi connectivity index (χ1n) is 2.66. The van der Waals surface area contributed by atoms with Gasteiger partial charge in [0.15, 0.2) is 0 Å². The summed E-state index contributed by atoms with van der Waals surface area (Å²) in [6.07, 6.45) is 0.542. The minimum Gasteiger partial charge on any atom is -0.393 e. The van der Waals surface area contributed by atoms with Crippen LogP contribution in [-0.4, -0.2) is 17.0 Å². The van der Waals surface area contributed by atoms with Crippen LogP contribution in [0.1, 0.15) is 19.8 Å². The maximum atomic E-state index is 10.1. The van der Waals surface area contributed by atoms with Crippen LogP contribution in [0, 0.1) is 6.92 Å². The van der Waals surface area contributed by atoms with Crippen molar-refractivity contribution in [2.45, 2.75) is 25.9 Å². The Bertz CT molecular complexity index is 76.6. The Kier molecular flexibility index (Phi) is 3.44. The first kappa shape index (κ1) is 7.63. The van der Waals surface area contributed by atoms with Crippen molar-refractivity contribution < 1.29 is 9.90 Å². The van der Waals surface area contributed by atoms with Gasteiger partial charge in [-0.15, -0.1) is 0 Å². The number of carbonyl (C=O) groups excluding carboxylic acids is 1. The summed E-state index contributed by atoms with van der Waals surface area (Å²) in [7, 11) is 0. The van der Waals surface area contributed by atoms with E-state index in [-0.39, 0.29) is 11.9 Å². The van der Waals surface area contributed by atoms with E-state index < -0.39 is 0 Å². The molecule has 2 heteroatoms. The zero-order chi connectivity index (χ0) is 6.57. The monoisotopic (exact) mass is 115 g/mol. The summed E-state index contributed by atoms with van der Waals surface area (Å²) in [4.78, 5) is 10.1. The average molecular weight is 115 g/mol. The maximum absolute atomic E-state index is 10.1. The Balaban J connectivity index is 3.05. The van der Waals surface area contributed by atoms with Crippen LogP contribution in [-0.2, 0) is 4.79 Å². The van der Waals surface area contributed by atoms with Crippen molar-refractivity contribution in [2.75, 3.05) is 0 Å². The molecule has 0 heterocycles. The fraction of sp³-hybridized carbons (Fsp3) is 0.667. The Morgan fingerprint density at radius 1 is 1.88 bits per heavy atom. The molecule has 0 aromatic rings. The summed E-state index contributed by atoms with van der Waals surface area (Å²) >= 11 is 0. The molecule has 0 rings (SSSR count). The minimum atomic E-state index is -0.374. The third-order valence-electron chi connectivity index (χ3n) is 0.841. The van der Waals surface area contributed by atoms with E-state index in [1.54, 1.807) is 6.92 Å². The molecule has 0 spiro atoms. The second kappa shape index (κ2) is 3.61. The summed E-state index contributed by atoms with van der Waals surface area (Å²) in [5.74, 6) is -0.106. The number of ketones is 1. The van der Waals surface area contributed by atoms with Gasteiger partial charge in [-0.2, -0.15) is 0 Å². The molecule has 0 aliphatic heterocycles. The zero-order valence-electron chi connectivity index (χ0n) is 5.05. The van der Waals surface area contributed by atoms with E-state index in [1.165, 1.54) is 0 Å². The Morgan fingerprint density at radius 3 is 2.50 bits per heavy atom. The number of hydrogen-bond donors (Lipinski definition) is 1. The van der Waals surface area contributed by atoms with Gasteiger partial charge in [-0.3, -0.25) is 4.79 Å². The van der Waals surface area contributed by atoms with E-state index in [0.29, 0.717) is 12.8 Å². The molecule has 0 aromatic heterocycles. The van der Waals surface area contributed by atoms with Crippen LogP contribution in [0.4, 0.5) is 0 Å². The van der Waals surface area contributed by atoms with Crippen molar-refractivity contribution in [3.8, 4) is 0 Å². The van der Waals surface area contributed by atoms with Gasteiger partial charge in [-0.1, -0.05) is 0 Å². The molecule has 8 heavy (non-hydrogen) atoms. The lowest BCUT2D eigenvalue weighted by Gasteiger charge is -1.98. The SMILES string of the molecule is [CH2]C(=O)CCC(C)O. The van der Waals surface area contributed by atoms with E-state index in [1.807, 2.05) is 0 Å². The zero-order valence-corrected chi connectivity index (χ0v) is 5.05. The topological polar surface area (TPSA) is 37.3 Å². The first-order valence-corrected chi connectivity index (χ1v) is 2.66. The fourth-order valence-corrected chi connectivity index (χ4v) is 0.370. The molecule has 0 saturated heterocycles. The molecule has 1 unspecified atom stereocenters. The lowest BCUT2D eigenvalue weighted by Crippen LogP contribution is -2.02. The number of aliphatic hydroxyl groups is 1. The number of rotatable bonds is 3.